The molecule has 1 aliphatic heterocycles. The fourth-order valence-corrected chi connectivity index (χ4v) is 2.66. The Kier molecular flexibility index (Phi) is 6.40. The predicted molar refractivity (Wildman–Crippen MR) is 91.6 cm³/mol. The van der Waals surface area contributed by atoms with Gasteiger partial charge in [0.15, 0.2) is 0 Å². The van der Waals surface area contributed by atoms with Crippen LogP contribution in [-0.2, 0) is 0 Å². The van der Waals surface area contributed by atoms with Crippen LogP contribution in [0.4, 0.5) is 10.5 Å². The van der Waals surface area contributed by atoms with Crippen LogP contribution in [0.15, 0.2) is 24.3 Å². The van der Waals surface area contributed by atoms with Gasteiger partial charge in [-0.2, -0.15) is 0 Å². The van der Waals surface area contributed by atoms with Crippen LogP contribution in [0.5, 0.6) is 0 Å². The number of urea groups is 1. The van der Waals surface area contributed by atoms with Gasteiger partial charge in [0.25, 0.3) is 5.91 Å². The molecule has 6 heteroatoms. The van der Waals surface area contributed by atoms with Crippen molar-refractivity contribution in [2.45, 2.75) is 38.6 Å². The van der Waals surface area contributed by atoms with E-state index < -0.39 is 0 Å². The molecule has 1 fully saturated rings. The molecule has 2 rings (SSSR count). The number of hydrogen-bond donors (Lipinski definition) is 3. The molecule has 1 aromatic rings. The van der Waals surface area contributed by atoms with E-state index in [1.54, 1.807) is 23.1 Å². The number of nitrogens with one attached hydrogen (secondary N) is 2. The number of nitrogens with zero attached hydrogens (tertiary/aromatic N) is 1. The number of carbonyl (C=O) groups is 2. The van der Waals surface area contributed by atoms with E-state index in [0.717, 1.165) is 31.4 Å². The van der Waals surface area contributed by atoms with Gasteiger partial charge in [0.1, 0.15) is 0 Å². The average Bonchev–Trinajstić information content (AvgIpc) is 2.59. The minimum atomic E-state index is -0.143. The molecular weight excluding hydrogens is 292 g/mol. The lowest BCUT2D eigenvalue weighted by molar-refractivity contribution is 0.0935. The van der Waals surface area contributed by atoms with Crippen molar-refractivity contribution in [3.8, 4) is 0 Å². The van der Waals surface area contributed by atoms with E-state index in [2.05, 4.69) is 17.6 Å². The zero-order valence-electron chi connectivity index (χ0n) is 13.7. The van der Waals surface area contributed by atoms with E-state index in [9.17, 15) is 9.59 Å². The van der Waals surface area contributed by atoms with Crippen molar-refractivity contribution in [2.75, 3.05) is 24.5 Å². The van der Waals surface area contributed by atoms with Crippen LogP contribution in [0.1, 0.15) is 43.0 Å². The van der Waals surface area contributed by atoms with Crippen LogP contribution in [0, 0.1) is 0 Å². The summed E-state index contributed by atoms with van der Waals surface area (Å²) in [6.07, 6.45) is 3.89. The first-order valence-electron chi connectivity index (χ1n) is 8.32. The highest BCUT2D eigenvalue weighted by atomic mass is 16.2. The second-order valence-electron chi connectivity index (χ2n) is 5.84. The molecule has 0 aliphatic carbocycles. The number of benzene rings is 1. The van der Waals surface area contributed by atoms with Gasteiger partial charge in [-0.1, -0.05) is 25.8 Å². The van der Waals surface area contributed by atoms with Crippen LogP contribution >= 0.6 is 0 Å². The highest BCUT2D eigenvalue weighted by Gasteiger charge is 2.20. The second-order valence-corrected chi connectivity index (χ2v) is 5.84. The minimum absolute atomic E-state index is 0.00982. The maximum absolute atomic E-state index is 12.4. The van der Waals surface area contributed by atoms with Crippen LogP contribution < -0.4 is 21.3 Å². The number of amides is 3. The average molecular weight is 318 g/mol. The fourth-order valence-electron chi connectivity index (χ4n) is 2.66. The van der Waals surface area contributed by atoms with E-state index in [-0.39, 0.29) is 18.0 Å². The standard InChI is InChI=1S/C17H26N4O2/c1-2-3-7-14(12-18)20-16(22)13-6-4-8-15(11-13)21-10-5-9-19-17(21)23/h4,6,8,11,14H,2-3,5,7,9-10,12,18H2,1H3,(H,19,23)(H,20,22). The van der Waals surface area contributed by atoms with Gasteiger partial charge >= 0.3 is 6.03 Å². The number of anilines is 1. The lowest BCUT2D eigenvalue weighted by Gasteiger charge is -2.27. The van der Waals surface area contributed by atoms with Crippen molar-refractivity contribution < 1.29 is 9.59 Å². The van der Waals surface area contributed by atoms with E-state index in [0.29, 0.717) is 25.2 Å². The Labute approximate surface area is 137 Å². The molecule has 3 amide bonds. The molecule has 126 valence electrons. The number of rotatable bonds is 7. The predicted octanol–water partition coefficient (Wildman–Crippen LogP) is 1.85. The van der Waals surface area contributed by atoms with E-state index >= 15 is 0 Å². The highest BCUT2D eigenvalue weighted by Crippen LogP contribution is 2.18. The topological polar surface area (TPSA) is 87.5 Å². The first kappa shape index (κ1) is 17.3. The van der Waals surface area contributed by atoms with Crippen molar-refractivity contribution in [2.24, 2.45) is 5.73 Å². The zero-order valence-corrected chi connectivity index (χ0v) is 13.7. The van der Waals surface area contributed by atoms with Crippen molar-refractivity contribution >= 4 is 17.6 Å². The van der Waals surface area contributed by atoms with Crippen molar-refractivity contribution in [3.05, 3.63) is 29.8 Å². The summed E-state index contributed by atoms with van der Waals surface area (Å²) in [4.78, 5) is 26.0. The molecule has 1 saturated heterocycles. The summed E-state index contributed by atoms with van der Waals surface area (Å²) in [5.41, 5.74) is 7.02. The summed E-state index contributed by atoms with van der Waals surface area (Å²) in [7, 11) is 0. The molecule has 6 nitrogen and oxygen atoms in total. The van der Waals surface area contributed by atoms with E-state index in [1.807, 2.05) is 6.07 Å². The van der Waals surface area contributed by atoms with Gasteiger partial charge in [-0.25, -0.2) is 4.79 Å². The van der Waals surface area contributed by atoms with Gasteiger partial charge in [-0.05, 0) is 31.0 Å². The molecule has 1 unspecified atom stereocenters. The molecule has 1 aromatic carbocycles. The lowest BCUT2D eigenvalue weighted by atomic mass is 10.1. The first-order chi connectivity index (χ1) is 11.2. The molecule has 0 spiro atoms. The maximum Gasteiger partial charge on any atom is 0.321 e. The number of unbranched alkanes of at least 4 members (excludes halogenated alkanes) is 1. The van der Waals surface area contributed by atoms with E-state index in [1.165, 1.54) is 0 Å². The Balaban J connectivity index is 2.06. The van der Waals surface area contributed by atoms with Gasteiger partial charge in [-0.3, -0.25) is 9.69 Å². The summed E-state index contributed by atoms with van der Waals surface area (Å²) in [5.74, 6) is -0.143. The molecule has 1 atom stereocenters. The third-order valence-electron chi connectivity index (χ3n) is 4.03. The van der Waals surface area contributed by atoms with Crippen molar-refractivity contribution in [1.29, 1.82) is 0 Å². The SMILES string of the molecule is CCCCC(CN)NC(=O)c1cccc(N2CCCNC2=O)c1. The molecule has 1 heterocycles. The Hall–Kier alpha value is -2.08. The number of hydrogen-bond acceptors (Lipinski definition) is 3. The molecular formula is C17H26N4O2. The quantitative estimate of drug-likeness (QED) is 0.717. The zero-order chi connectivity index (χ0) is 16.7. The van der Waals surface area contributed by atoms with Crippen molar-refractivity contribution in [1.82, 2.24) is 10.6 Å². The largest absolute Gasteiger partial charge is 0.348 e. The fraction of sp³-hybridized carbons (Fsp3) is 0.529. The summed E-state index contributed by atoms with van der Waals surface area (Å²) < 4.78 is 0. The number of carbonyl (C=O) groups excluding carboxylic acids is 2. The van der Waals surface area contributed by atoms with Crippen LogP contribution in [-0.4, -0.2) is 37.6 Å². The maximum atomic E-state index is 12.4. The molecule has 23 heavy (non-hydrogen) atoms. The summed E-state index contributed by atoms with van der Waals surface area (Å²) >= 11 is 0. The Bertz CT molecular complexity index is 547. The smallest absolute Gasteiger partial charge is 0.321 e. The van der Waals surface area contributed by atoms with Gasteiger partial charge in [0.2, 0.25) is 0 Å². The minimum Gasteiger partial charge on any atom is -0.348 e. The molecule has 0 saturated carbocycles. The van der Waals surface area contributed by atoms with Crippen LogP contribution in [0.25, 0.3) is 0 Å². The third-order valence-corrected chi connectivity index (χ3v) is 4.03. The van der Waals surface area contributed by atoms with Gasteiger partial charge in [0, 0.05) is 36.9 Å². The number of nitrogens with two attached hydrogens (primary N) is 1. The Morgan fingerprint density at radius 2 is 2.30 bits per heavy atom. The highest BCUT2D eigenvalue weighted by molar-refractivity contribution is 5.98. The molecule has 1 aliphatic rings. The van der Waals surface area contributed by atoms with Gasteiger partial charge < -0.3 is 16.4 Å². The molecule has 4 N–H and O–H groups in total. The monoisotopic (exact) mass is 318 g/mol. The normalized spacial score (nSPS) is 15.9. The molecule has 0 bridgehead atoms. The summed E-state index contributed by atoms with van der Waals surface area (Å²) in [6.45, 7) is 3.91. The van der Waals surface area contributed by atoms with Crippen LogP contribution in [0.3, 0.4) is 0 Å². The summed E-state index contributed by atoms with van der Waals surface area (Å²) in [6, 6.07) is 7.04. The lowest BCUT2D eigenvalue weighted by Crippen LogP contribution is -2.46. The van der Waals surface area contributed by atoms with E-state index in [4.69, 9.17) is 5.73 Å². The third kappa shape index (κ3) is 4.69. The Morgan fingerprint density at radius 3 is 3.00 bits per heavy atom. The molecule has 0 aromatic heterocycles. The van der Waals surface area contributed by atoms with Gasteiger partial charge in [0.05, 0.1) is 0 Å². The first-order valence-corrected chi connectivity index (χ1v) is 8.32. The summed E-state index contributed by atoms with van der Waals surface area (Å²) in [5, 5.41) is 5.79. The van der Waals surface area contributed by atoms with Gasteiger partial charge in [-0.15, -0.1) is 0 Å². The van der Waals surface area contributed by atoms with Crippen molar-refractivity contribution in [3.63, 3.8) is 0 Å². The van der Waals surface area contributed by atoms with Crippen LogP contribution in [0.2, 0.25) is 0 Å². The molecule has 0 radical (unpaired) electrons. The second kappa shape index (κ2) is 8.53. The Morgan fingerprint density at radius 1 is 1.48 bits per heavy atom.